The van der Waals surface area contributed by atoms with E-state index >= 15 is 0 Å². The molecule has 0 aliphatic rings. The Morgan fingerprint density at radius 1 is 0.375 bits per heavy atom. The molecule has 0 nitrogen and oxygen atoms in total. The van der Waals surface area contributed by atoms with Gasteiger partial charge in [0.25, 0.3) is 0 Å². The quantitative estimate of drug-likeness (QED) is 0.206. The Morgan fingerprint density at radius 3 is 1.90 bits per heavy atom. The van der Waals surface area contributed by atoms with Crippen molar-refractivity contribution in [1.82, 2.24) is 0 Å². The van der Waals surface area contributed by atoms with E-state index in [0.717, 1.165) is 21.5 Å². The van der Waals surface area contributed by atoms with E-state index in [9.17, 15) is 6.85 Å². The van der Waals surface area contributed by atoms with Crippen molar-refractivity contribution in [2.24, 2.45) is 0 Å². The molecule has 0 saturated heterocycles. The summed E-state index contributed by atoms with van der Waals surface area (Å²) in [7, 11) is 0. The van der Waals surface area contributed by atoms with Gasteiger partial charge in [-0.15, -0.1) is 0 Å². The van der Waals surface area contributed by atoms with Crippen molar-refractivity contribution in [2.75, 3.05) is 0 Å². The van der Waals surface area contributed by atoms with E-state index in [0.29, 0.717) is 44.2 Å². The van der Waals surface area contributed by atoms with Gasteiger partial charge in [0.15, 0.2) is 0 Å². The molecule has 8 rings (SSSR count). The van der Waals surface area contributed by atoms with Crippen LogP contribution < -0.4 is 0 Å². The lowest BCUT2D eigenvalue weighted by Gasteiger charge is -2.20. The fourth-order valence-electron chi connectivity index (χ4n) is 5.81. The first kappa shape index (κ1) is 16.7. The van der Waals surface area contributed by atoms with Gasteiger partial charge >= 0.3 is 0 Å². The molecule has 0 spiro atoms. The number of rotatable bonds is 3. The normalized spacial score (nSPS) is 13.9. The van der Waals surface area contributed by atoms with Gasteiger partial charge in [0.2, 0.25) is 0 Å². The van der Waals surface area contributed by atoms with Crippen LogP contribution in [0, 0.1) is 0 Å². The summed E-state index contributed by atoms with van der Waals surface area (Å²) in [6.07, 6.45) is 0. The van der Waals surface area contributed by atoms with E-state index < -0.39 is 0 Å². The number of hydrogen-bond acceptors (Lipinski definition) is 0. The molecule has 0 heteroatoms. The molecule has 0 fully saturated rings. The summed E-state index contributed by atoms with van der Waals surface area (Å²) in [4.78, 5) is 0. The van der Waals surface area contributed by atoms with Crippen LogP contribution in [0.2, 0.25) is 0 Å². The average Bonchev–Trinajstić information content (AvgIpc) is 3.11. The Hall–Kier alpha value is -5.20. The maximum Gasteiger partial charge on any atom is 0.0636 e. The molecule has 0 heterocycles. The minimum Gasteiger partial charge on any atom is -0.0622 e. The first-order valence-electron chi connectivity index (χ1n) is 16.8. The SMILES string of the molecule is [2H]c1c([2H])c([2H])c2c(-c3cccc4ccccc34)c3c([2H])c([2H])c(-c4ccccc4)c([2H])c3c(-c3ccc4ccccc4c3)c2c1[2H]. The van der Waals surface area contributed by atoms with Gasteiger partial charge in [0.1, 0.15) is 0 Å². The Balaban J connectivity index is 1.72. The molecule has 0 atom stereocenters. The summed E-state index contributed by atoms with van der Waals surface area (Å²) in [6, 6.07) is 35.1. The minimum atomic E-state index is -0.377. The lowest BCUT2D eigenvalue weighted by Crippen LogP contribution is -1.92. The summed E-state index contributed by atoms with van der Waals surface area (Å²) in [5, 5.41) is 4.95. The van der Waals surface area contributed by atoms with E-state index in [1.807, 2.05) is 115 Å². The molecule has 0 N–H and O–H groups in total. The minimum absolute atomic E-state index is 0.0335. The zero-order chi connectivity index (χ0) is 32.6. The van der Waals surface area contributed by atoms with Crippen LogP contribution in [0.3, 0.4) is 0 Å². The van der Waals surface area contributed by atoms with Crippen molar-refractivity contribution >= 4 is 43.1 Å². The Kier molecular flexibility index (Phi) is 3.85. The van der Waals surface area contributed by atoms with Gasteiger partial charge in [0.05, 0.1) is 9.60 Å². The van der Waals surface area contributed by atoms with E-state index in [1.54, 1.807) is 0 Å². The Bertz CT molecular complexity index is 2590. The molecule has 0 saturated carbocycles. The molecule has 0 bridgehead atoms. The van der Waals surface area contributed by atoms with Crippen molar-refractivity contribution < 1.29 is 9.60 Å². The van der Waals surface area contributed by atoms with Crippen LogP contribution in [0.1, 0.15) is 9.60 Å². The topological polar surface area (TPSA) is 0 Å². The second-order valence-electron chi connectivity index (χ2n) is 9.95. The number of fused-ring (bicyclic) bond motifs is 4. The molecule has 40 heavy (non-hydrogen) atoms. The molecule has 186 valence electrons. The monoisotopic (exact) mass is 513 g/mol. The summed E-state index contributed by atoms with van der Waals surface area (Å²) in [6.45, 7) is 0. The summed E-state index contributed by atoms with van der Waals surface area (Å²) >= 11 is 0. The van der Waals surface area contributed by atoms with Crippen molar-refractivity contribution in [3.63, 3.8) is 0 Å². The van der Waals surface area contributed by atoms with E-state index in [4.69, 9.17) is 2.74 Å². The van der Waals surface area contributed by atoms with Gasteiger partial charge < -0.3 is 0 Å². The van der Waals surface area contributed by atoms with E-state index in [2.05, 4.69) is 0 Å². The molecule has 0 amide bonds. The third-order valence-electron chi connectivity index (χ3n) is 7.66. The van der Waals surface area contributed by atoms with Crippen LogP contribution >= 0.6 is 0 Å². The summed E-state index contributed by atoms with van der Waals surface area (Å²) in [5.74, 6) is 0. The highest BCUT2D eigenvalue weighted by atomic mass is 14.2. The van der Waals surface area contributed by atoms with Gasteiger partial charge in [-0.25, -0.2) is 0 Å². The first-order chi connectivity index (χ1) is 22.8. The highest BCUT2D eigenvalue weighted by molar-refractivity contribution is 6.24. The predicted molar refractivity (Wildman–Crippen MR) is 173 cm³/mol. The first-order valence-corrected chi connectivity index (χ1v) is 13.3. The fraction of sp³-hybridized carbons (Fsp3) is 0. The highest BCUT2D eigenvalue weighted by Crippen LogP contribution is 2.46. The van der Waals surface area contributed by atoms with Crippen LogP contribution in [0.5, 0.6) is 0 Å². The molecule has 8 aromatic carbocycles. The Morgan fingerprint density at radius 2 is 1.05 bits per heavy atom. The fourth-order valence-corrected chi connectivity index (χ4v) is 5.81. The van der Waals surface area contributed by atoms with Gasteiger partial charge in [-0.05, 0) is 88.6 Å². The molecule has 0 aliphatic carbocycles. The molecule has 0 radical (unpaired) electrons. The second-order valence-corrected chi connectivity index (χ2v) is 9.95. The second kappa shape index (κ2) is 9.22. The Labute approximate surface area is 243 Å². The number of benzene rings is 8. The van der Waals surface area contributed by atoms with Crippen LogP contribution in [-0.2, 0) is 0 Å². The van der Waals surface area contributed by atoms with Crippen LogP contribution in [-0.4, -0.2) is 0 Å². The standard InChI is InChI=1S/C40H26/c1-2-11-27(12-3-1)31-23-24-37-38(26-31)39(32-22-21-28-13-4-5-15-30(28)25-32)35-18-8-9-19-36(35)40(37)34-20-10-16-29-14-6-7-17-33(29)34/h1-26H/i8D,9D,18D,19D,23D,24D,26D. The van der Waals surface area contributed by atoms with E-state index in [-0.39, 0.29) is 53.1 Å². The van der Waals surface area contributed by atoms with Gasteiger partial charge in [-0.2, -0.15) is 0 Å². The maximum absolute atomic E-state index is 9.79. The largest absolute Gasteiger partial charge is 0.0636 e. The predicted octanol–water partition coefficient (Wildman–Crippen LogP) is 11.3. The summed E-state index contributed by atoms with van der Waals surface area (Å²) in [5.41, 5.74) is 3.14. The van der Waals surface area contributed by atoms with Crippen LogP contribution in [0.4, 0.5) is 0 Å². The molecule has 0 unspecified atom stereocenters. The highest BCUT2D eigenvalue weighted by Gasteiger charge is 2.18. The third-order valence-corrected chi connectivity index (χ3v) is 7.66. The molecule has 0 aliphatic heterocycles. The molecule has 8 aromatic rings. The summed E-state index contributed by atoms with van der Waals surface area (Å²) < 4.78 is 64.8. The van der Waals surface area contributed by atoms with E-state index in [1.165, 1.54) is 0 Å². The average molecular weight is 514 g/mol. The lowest BCUT2D eigenvalue weighted by atomic mass is 9.83. The van der Waals surface area contributed by atoms with Crippen LogP contribution in [0.15, 0.2) is 158 Å². The van der Waals surface area contributed by atoms with Crippen molar-refractivity contribution in [3.05, 3.63) is 158 Å². The van der Waals surface area contributed by atoms with Gasteiger partial charge in [-0.3, -0.25) is 0 Å². The van der Waals surface area contributed by atoms with Crippen molar-refractivity contribution in [2.45, 2.75) is 0 Å². The molecule has 0 aromatic heterocycles. The third kappa shape index (κ3) is 3.61. The lowest BCUT2D eigenvalue weighted by molar-refractivity contribution is 1.64. The maximum atomic E-state index is 9.79. The van der Waals surface area contributed by atoms with Crippen molar-refractivity contribution in [1.29, 1.82) is 0 Å². The zero-order valence-electron chi connectivity index (χ0n) is 28.5. The molecular weight excluding hydrogens is 480 g/mol. The van der Waals surface area contributed by atoms with Gasteiger partial charge in [-0.1, -0.05) is 145 Å². The van der Waals surface area contributed by atoms with Crippen LogP contribution in [0.25, 0.3) is 76.5 Å². The molecular formula is C40H26. The number of hydrogen-bond donors (Lipinski definition) is 0. The smallest absolute Gasteiger partial charge is 0.0622 e. The zero-order valence-corrected chi connectivity index (χ0v) is 21.5. The van der Waals surface area contributed by atoms with Gasteiger partial charge in [0, 0.05) is 0 Å². The van der Waals surface area contributed by atoms with Crippen molar-refractivity contribution in [3.8, 4) is 33.4 Å².